The van der Waals surface area contributed by atoms with Crippen LogP contribution in [0.5, 0.6) is 0 Å². The van der Waals surface area contributed by atoms with Crippen molar-refractivity contribution in [2.45, 2.75) is 40.5 Å². The molecule has 1 aliphatic carbocycles. The summed E-state index contributed by atoms with van der Waals surface area (Å²) in [4.78, 5) is 46.7. The van der Waals surface area contributed by atoms with E-state index in [1.165, 1.54) is 0 Å². The highest BCUT2D eigenvalue weighted by Crippen LogP contribution is 2.38. The van der Waals surface area contributed by atoms with Crippen molar-refractivity contribution in [2.24, 2.45) is 23.7 Å². The van der Waals surface area contributed by atoms with Gasteiger partial charge in [-0.25, -0.2) is 19.2 Å². The second kappa shape index (κ2) is 15.0. The van der Waals surface area contributed by atoms with Gasteiger partial charge < -0.3 is 29.6 Å². The molecule has 1 rings (SSSR count). The Morgan fingerprint density at radius 2 is 1.24 bits per heavy atom. The Balaban J connectivity index is 2.40. The van der Waals surface area contributed by atoms with Gasteiger partial charge in [-0.3, -0.25) is 0 Å². The first-order valence-electron chi connectivity index (χ1n) is 11.5. The SMILES string of the molecule is C=C(C)C(=O)OCCNC(=O)OCC1CCC(C)C(C)C1COC(=O)NCCOC(=O)C(=C)C. The summed E-state index contributed by atoms with van der Waals surface area (Å²) >= 11 is 0. The van der Waals surface area contributed by atoms with Crippen LogP contribution < -0.4 is 10.6 Å². The van der Waals surface area contributed by atoms with Gasteiger partial charge in [0.1, 0.15) is 13.2 Å². The minimum atomic E-state index is -0.599. The van der Waals surface area contributed by atoms with E-state index in [0.29, 0.717) is 5.92 Å². The molecule has 0 saturated heterocycles. The number of hydrogen-bond donors (Lipinski definition) is 2. The van der Waals surface area contributed by atoms with Gasteiger partial charge in [0.2, 0.25) is 0 Å². The van der Waals surface area contributed by atoms with Crippen LogP contribution in [-0.4, -0.2) is 63.6 Å². The average Bonchev–Trinajstić information content (AvgIpc) is 2.79. The van der Waals surface area contributed by atoms with Crippen LogP contribution in [0.1, 0.15) is 40.5 Å². The lowest BCUT2D eigenvalue weighted by molar-refractivity contribution is -0.139. The minimum absolute atomic E-state index is 0.0234. The number of hydrogen-bond acceptors (Lipinski definition) is 8. The molecule has 192 valence electrons. The van der Waals surface area contributed by atoms with Gasteiger partial charge in [-0.05, 0) is 38.0 Å². The summed E-state index contributed by atoms with van der Waals surface area (Å²) in [6, 6.07) is 0. The molecule has 4 atom stereocenters. The van der Waals surface area contributed by atoms with Crippen molar-refractivity contribution in [3.8, 4) is 0 Å². The first kappa shape index (κ1) is 29.0. The zero-order valence-corrected chi connectivity index (χ0v) is 20.6. The van der Waals surface area contributed by atoms with Crippen LogP contribution in [0, 0.1) is 23.7 Å². The maximum absolute atomic E-state index is 12.0. The summed E-state index contributed by atoms with van der Waals surface area (Å²) in [5.74, 6) is -0.231. The quantitative estimate of drug-likeness (QED) is 0.188. The van der Waals surface area contributed by atoms with E-state index in [0.717, 1.165) is 12.8 Å². The van der Waals surface area contributed by atoms with E-state index in [1.807, 2.05) is 0 Å². The molecule has 1 fully saturated rings. The molecule has 0 aromatic heterocycles. The van der Waals surface area contributed by atoms with Gasteiger partial charge in [0, 0.05) is 17.1 Å². The Hall–Kier alpha value is -3.04. The molecule has 0 aromatic rings. The van der Waals surface area contributed by atoms with E-state index >= 15 is 0 Å². The van der Waals surface area contributed by atoms with Crippen LogP contribution in [0.25, 0.3) is 0 Å². The molecule has 2 N–H and O–H groups in total. The van der Waals surface area contributed by atoms with Gasteiger partial charge in [0.15, 0.2) is 0 Å². The molecule has 0 spiro atoms. The Kier molecular flexibility index (Phi) is 12.8. The zero-order valence-electron chi connectivity index (χ0n) is 20.6. The second-order valence-corrected chi connectivity index (χ2v) is 8.72. The van der Waals surface area contributed by atoms with Crippen LogP contribution in [0.3, 0.4) is 0 Å². The number of amides is 2. The summed E-state index contributed by atoms with van der Waals surface area (Å²) < 4.78 is 20.6. The topological polar surface area (TPSA) is 129 Å². The van der Waals surface area contributed by atoms with Gasteiger partial charge >= 0.3 is 24.1 Å². The predicted molar refractivity (Wildman–Crippen MR) is 125 cm³/mol. The molecule has 0 aromatic carbocycles. The molecule has 0 aliphatic heterocycles. The lowest BCUT2D eigenvalue weighted by atomic mass is 9.68. The molecular formula is C24H38N2O8. The summed E-state index contributed by atoms with van der Waals surface area (Å²) in [5.41, 5.74) is 0.576. The van der Waals surface area contributed by atoms with Crippen molar-refractivity contribution >= 4 is 24.1 Å². The van der Waals surface area contributed by atoms with Crippen LogP contribution in [0.15, 0.2) is 24.3 Å². The highest BCUT2D eigenvalue weighted by Gasteiger charge is 2.36. The smallest absolute Gasteiger partial charge is 0.407 e. The van der Waals surface area contributed by atoms with Crippen LogP contribution >= 0.6 is 0 Å². The van der Waals surface area contributed by atoms with E-state index in [9.17, 15) is 19.2 Å². The van der Waals surface area contributed by atoms with Crippen molar-refractivity contribution in [3.05, 3.63) is 24.3 Å². The highest BCUT2D eigenvalue weighted by atomic mass is 16.6. The fourth-order valence-corrected chi connectivity index (χ4v) is 3.60. The average molecular weight is 483 g/mol. The Bertz CT molecular complexity index is 751. The molecule has 0 heterocycles. The lowest BCUT2D eigenvalue weighted by Gasteiger charge is -2.39. The zero-order chi connectivity index (χ0) is 25.7. The number of rotatable bonds is 12. The van der Waals surface area contributed by atoms with Crippen LogP contribution in [0.2, 0.25) is 0 Å². The number of esters is 2. The molecule has 1 saturated carbocycles. The number of carbonyl (C=O) groups excluding carboxylic acids is 4. The highest BCUT2D eigenvalue weighted by molar-refractivity contribution is 5.87. The van der Waals surface area contributed by atoms with E-state index in [-0.39, 0.29) is 68.4 Å². The van der Waals surface area contributed by atoms with Gasteiger partial charge in [-0.2, -0.15) is 0 Å². The lowest BCUT2D eigenvalue weighted by Crippen LogP contribution is -2.40. The third-order valence-corrected chi connectivity index (χ3v) is 5.91. The van der Waals surface area contributed by atoms with Gasteiger partial charge in [0.25, 0.3) is 0 Å². The Morgan fingerprint density at radius 1 is 0.765 bits per heavy atom. The first-order chi connectivity index (χ1) is 16.0. The van der Waals surface area contributed by atoms with Crippen molar-refractivity contribution < 1.29 is 38.1 Å². The molecule has 10 nitrogen and oxygen atoms in total. The summed E-state index contributed by atoms with van der Waals surface area (Å²) in [6.07, 6.45) is 0.643. The van der Waals surface area contributed by atoms with E-state index < -0.39 is 24.1 Å². The number of nitrogens with one attached hydrogen (secondary N) is 2. The predicted octanol–water partition coefficient (Wildman–Crippen LogP) is 2.98. The number of carbonyl (C=O) groups is 4. The molecule has 2 amide bonds. The molecule has 10 heteroatoms. The standard InChI is InChI=1S/C24H38N2O8/c1-15(2)21(27)31-11-9-25-23(29)33-13-19-8-7-17(5)18(6)20(19)14-34-24(30)26-10-12-32-22(28)16(3)4/h17-20H,1,3,7-14H2,2,4-6H3,(H,25,29)(H,26,30). The van der Waals surface area contributed by atoms with Crippen molar-refractivity contribution in [3.63, 3.8) is 0 Å². The van der Waals surface area contributed by atoms with Crippen molar-refractivity contribution in [1.82, 2.24) is 10.6 Å². The minimum Gasteiger partial charge on any atom is -0.460 e. The summed E-state index contributed by atoms with van der Waals surface area (Å²) in [7, 11) is 0. The van der Waals surface area contributed by atoms with E-state index in [1.54, 1.807) is 13.8 Å². The number of alkyl carbamates (subject to hydrolysis) is 2. The summed E-state index contributed by atoms with van der Waals surface area (Å²) in [6.45, 7) is 15.0. The maximum Gasteiger partial charge on any atom is 0.407 e. The van der Waals surface area contributed by atoms with Gasteiger partial charge in [-0.1, -0.05) is 33.4 Å². The van der Waals surface area contributed by atoms with E-state index in [2.05, 4.69) is 37.6 Å². The van der Waals surface area contributed by atoms with Gasteiger partial charge in [-0.15, -0.1) is 0 Å². The maximum atomic E-state index is 12.0. The van der Waals surface area contributed by atoms with E-state index in [4.69, 9.17) is 18.9 Å². The molecule has 1 aliphatic rings. The monoisotopic (exact) mass is 482 g/mol. The molecule has 0 bridgehead atoms. The third kappa shape index (κ3) is 10.7. The largest absolute Gasteiger partial charge is 0.460 e. The molecule has 4 unspecified atom stereocenters. The van der Waals surface area contributed by atoms with Gasteiger partial charge in [0.05, 0.1) is 26.3 Å². The van der Waals surface area contributed by atoms with Crippen LogP contribution in [-0.2, 0) is 28.5 Å². The molecular weight excluding hydrogens is 444 g/mol. The number of ether oxygens (including phenoxy) is 4. The second-order valence-electron chi connectivity index (χ2n) is 8.72. The fraction of sp³-hybridized carbons (Fsp3) is 0.667. The van der Waals surface area contributed by atoms with Crippen molar-refractivity contribution in [1.29, 1.82) is 0 Å². The van der Waals surface area contributed by atoms with Crippen LogP contribution in [0.4, 0.5) is 9.59 Å². The normalized spacial score (nSPS) is 21.5. The molecule has 0 radical (unpaired) electrons. The Morgan fingerprint density at radius 3 is 1.71 bits per heavy atom. The van der Waals surface area contributed by atoms with Crippen molar-refractivity contribution in [2.75, 3.05) is 39.5 Å². The third-order valence-electron chi connectivity index (χ3n) is 5.91. The fourth-order valence-electron chi connectivity index (χ4n) is 3.60. The summed E-state index contributed by atoms with van der Waals surface area (Å²) in [5, 5.41) is 5.09. The first-order valence-corrected chi connectivity index (χ1v) is 11.5. The Labute approximate surface area is 201 Å². The molecule has 34 heavy (non-hydrogen) atoms.